The van der Waals surface area contributed by atoms with E-state index in [1.807, 2.05) is 35.2 Å². The quantitative estimate of drug-likeness (QED) is 0.650. The number of nitrogens with two attached hydrogens (primary N) is 1. The van der Waals surface area contributed by atoms with Crippen LogP contribution in [0.3, 0.4) is 0 Å². The predicted octanol–water partition coefficient (Wildman–Crippen LogP) is 3.13. The number of hydrogen-bond acceptors (Lipinski definition) is 5. The number of hydrogen-bond donors (Lipinski definition) is 2. The summed E-state index contributed by atoms with van der Waals surface area (Å²) in [5.74, 6) is 0.731. The molecule has 7 nitrogen and oxygen atoms in total. The van der Waals surface area contributed by atoms with Crippen molar-refractivity contribution in [2.75, 3.05) is 50.0 Å². The van der Waals surface area contributed by atoms with Gasteiger partial charge in [0.05, 0.1) is 24.2 Å². The minimum atomic E-state index is 0.0226. The average molecular weight is 393 g/mol. The molecule has 0 aliphatic carbocycles. The van der Waals surface area contributed by atoms with E-state index in [9.17, 15) is 4.79 Å². The fourth-order valence-electron chi connectivity index (χ4n) is 3.77. The normalized spacial score (nSPS) is 14.3. The van der Waals surface area contributed by atoms with Crippen molar-refractivity contribution in [3.8, 4) is 11.4 Å². The third kappa shape index (κ3) is 3.78. The van der Waals surface area contributed by atoms with Gasteiger partial charge in [-0.1, -0.05) is 0 Å². The number of aromatic amines is 1. The van der Waals surface area contributed by atoms with Crippen LogP contribution in [0.5, 0.6) is 0 Å². The SMILES string of the molecule is CCN(CC)c1ccc(-c2nc3ccc(C(=O)N4CCOCC4)cc3[nH]2)c(N)c1. The van der Waals surface area contributed by atoms with Crippen LogP contribution in [0.4, 0.5) is 11.4 Å². The minimum Gasteiger partial charge on any atom is -0.398 e. The van der Waals surface area contributed by atoms with Gasteiger partial charge in [0.15, 0.2) is 0 Å². The maximum absolute atomic E-state index is 12.7. The van der Waals surface area contributed by atoms with E-state index >= 15 is 0 Å². The molecule has 1 fully saturated rings. The first-order valence-electron chi connectivity index (χ1n) is 10.1. The summed E-state index contributed by atoms with van der Waals surface area (Å²) in [5, 5.41) is 0. The van der Waals surface area contributed by atoms with Crippen molar-refractivity contribution in [1.29, 1.82) is 0 Å². The van der Waals surface area contributed by atoms with Gasteiger partial charge in [0.1, 0.15) is 5.82 Å². The number of anilines is 2. The number of morpholine rings is 1. The van der Waals surface area contributed by atoms with E-state index in [0.717, 1.165) is 35.4 Å². The van der Waals surface area contributed by atoms with E-state index in [1.165, 1.54) is 0 Å². The van der Waals surface area contributed by atoms with Gasteiger partial charge in [-0.05, 0) is 50.2 Å². The number of ether oxygens (including phenoxy) is 1. The van der Waals surface area contributed by atoms with Gasteiger partial charge in [-0.15, -0.1) is 0 Å². The number of nitrogen functional groups attached to an aromatic ring is 1. The first-order valence-corrected chi connectivity index (χ1v) is 10.1. The van der Waals surface area contributed by atoms with Gasteiger partial charge in [-0.25, -0.2) is 4.98 Å². The number of amides is 1. The second-order valence-corrected chi connectivity index (χ2v) is 7.17. The van der Waals surface area contributed by atoms with Crippen molar-refractivity contribution in [2.45, 2.75) is 13.8 Å². The summed E-state index contributed by atoms with van der Waals surface area (Å²) < 4.78 is 5.33. The van der Waals surface area contributed by atoms with Gasteiger partial charge >= 0.3 is 0 Å². The highest BCUT2D eigenvalue weighted by molar-refractivity contribution is 5.98. The van der Waals surface area contributed by atoms with Crippen LogP contribution in [0.25, 0.3) is 22.4 Å². The number of nitrogens with zero attached hydrogens (tertiary/aromatic N) is 3. The lowest BCUT2D eigenvalue weighted by atomic mass is 10.1. The highest BCUT2D eigenvalue weighted by atomic mass is 16.5. The highest BCUT2D eigenvalue weighted by Crippen LogP contribution is 2.30. The molecule has 0 radical (unpaired) electrons. The Morgan fingerprint density at radius 3 is 2.62 bits per heavy atom. The van der Waals surface area contributed by atoms with E-state index < -0.39 is 0 Å². The molecule has 1 aromatic heterocycles. The van der Waals surface area contributed by atoms with Crippen LogP contribution >= 0.6 is 0 Å². The molecule has 0 bridgehead atoms. The van der Waals surface area contributed by atoms with E-state index in [1.54, 1.807) is 0 Å². The number of carbonyl (C=O) groups is 1. The molecular formula is C22H27N5O2. The van der Waals surface area contributed by atoms with Gasteiger partial charge in [0.2, 0.25) is 0 Å². The van der Waals surface area contributed by atoms with Gasteiger partial charge in [-0.3, -0.25) is 4.79 Å². The zero-order chi connectivity index (χ0) is 20.4. The molecule has 1 saturated heterocycles. The summed E-state index contributed by atoms with van der Waals surface area (Å²) in [6.45, 7) is 8.54. The molecule has 4 rings (SSSR count). The number of benzene rings is 2. The zero-order valence-electron chi connectivity index (χ0n) is 16.9. The summed E-state index contributed by atoms with van der Waals surface area (Å²) in [6, 6.07) is 11.6. The molecule has 7 heteroatoms. The van der Waals surface area contributed by atoms with Crippen LogP contribution < -0.4 is 10.6 Å². The third-order valence-electron chi connectivity index (χ3n) is 5.45. The monoisotopic (exact) mass is 393 g/mol. The van der Waals surface area contributed by atoms with Crippen molar-refractivity contribution < 1.29 is 9.53 Å². The van der Waals surface area contributed by atoms with Crippen molar-refractivity contribution in [2.24, 2.45) is 0 Å². The summed E-state index contributed by atoms with van der Waals surface area (Å²) in [5.41, 5.74) is 11.3. The third-order valence-corrected chi connectivity index (χ3v) is 5.45. The van der Waals surface area contributed by atoms with E-state index in [0.29, 0.717) is 43.4 Å². The molecule has 2 heterocycles. The van der Waals surface area contributed by atoms with Crippen LogP contribution in [0, 0.1) is 0 Å². The van der Waals surface area contributed by atoms with Crippen LogP contribution in [0.15, 0.2) is 36.4 Å². The number of nitrogens with one attached hydrogen (secondary N) is 1. The number of aromatic nitrogens is 2. The lowest BCUT2D eigenvalue weighted by molar-refractivity contribution is 0.0303. The second-order valence-electron chi connectivity index (χ2n) is 7.17. The molecule has 0 unspecified atom stereocenters. The standard InChI is InChI=1S/C22H27N5O2/c1-3-26(4-2)16-6-7-17(18(23)14-16)21-24-19-8-5-15(13-20(19)25-21)22(28)27-9-11-29-12-10-27/h5-8,13-14H,3-4,9-12,23H2,1-2H3,(H,24,25). The number of imidazole rings is 1. The van der Waals surface area contributed by atoms with Crippen LogP contribution in [-0.4, -0.2) is 60.2 Å². The summed E-state index contributed by atoms with van der Waals surface area (Å²) >= 11 is 0. The maximum Gasteiger partial charge on any atom is 0.254 e. The van der Waals surface area contributed by atoms with Gasteiger partial charge in [-0.2, -0.15) is 0 Å². The first kappa shape index (κ1) is 19.3. The Morgan fingerprint density at radius 2 is 1.93 bits per heavy atom. The summed E-state index contributed by atoms with van der Waals surface area (Å²) in [7, 11) is 0. The molecule has 3 N–H and O–H groups in total. The zero-order valence-corrected chi connectivity index (χ0v) is 16.9. The Bertz CT molecular complexity index is 1020. The lowest BCUT2D eigenvalue weighted by Gasteiger charge is -2.26. The molecule has 3 aromatic rings. The minimum absolute atomic E-state index is 0.0226. The molecule has 0 saturated carbocycles. The molecule has 0 atom stereocenters. The fourth-order valence-corrected chi connectivity index (χ4v) is 3.77. The van der Waals surface area contributed by atoms with Crippen molar-refractivity contribution in [1.82, 2.24) is 14.9 Å². The molecule has 1 aliphatic heterocycles. The Balaban J connectivity index is 1.63. The Morgan fingerprint density at radius 1 is 1.17 bits per heavy atom. The van der Waals surface area contributed by atoms with Crippen molar-refractivity contribution in [3.63, 3.8) is 0 Å². The van der Waals surface area contributed by atoms with Gasteiger partial charge in [0.25, 0.3) is 5.91 Å². The number of rotatable bonds is 5. The number of H-pyrrole nitrogens is 1. The van der Waals surface area contributed by atoms with E-state index in [-0.39, 0.29) is 5.91 Å². The molecule has 1 aliphatic rings. The van der Waals surface area contributed by atoms with E-state index in [2.05, 4.69) is 34.8 Å². The second kappa shape index (κ2) is 8.13. The Kier molecular flexibility index (Phi) is 5.40. The molecule has 2 aromatic carbocycles. The van der Waals surface area contributed by atoms with Crippen LogP contribution in [-0.2, 0) is 4.74 Å². The predicted molar refractivity (Wildman–Crippen MR) is 116 cm³/mol. The van der Waals surface area contributed by atoms with Crippen molar-refractivity contribution in [3.05, 3.63) is 42.0 Å². The van der Waals surface area contributed by atoms with Gasteiger partial charge in [0, 0.05) is 48.7 Å². The maximum atomic E-state index is 12.7. The summed E-state index contributed by atoms with van der Waals surface area (Å²) in [4.78, 5) is 24.8. The van der Waals surface area contributed by atoms with Crippen molar-refractivity contribution >= 4 is 28.3 Å². The smallest absolute Gasteiger partial charge is 0.254 e. The topological polar surface area (TPSA) is 87.5 Å². The fraction of sp³-hybridized carbons (Fsp3) is 0.364. The molecule has 152 valence electrons. The molecule has 0 spiro atoms. The van der Waals surface area contributed by atoms with E-state index in [4.69, 9.17) is 10.5 Å². The highest BCUT2D eigenvalue weighted by Gasteiger charge is 2.19. The van der Waals surface area contributed by atoms with Crippen LogP contribution in [0.1, 0.15) is 24.2 Å². The van der Waals surface area contributed by atoms with Crippen LogP contribution in [0.2, 0.25) is 0 Å². The summed E-state index contributed by atoms with van der Waals surface area (Å²) in [6.07, 6.45) is 0. The molecule has 29 heavy (non-hydrogen) atoms. The average Bonchev–Trinajstić information content (AvgIpc) is 3.18. The lowest BCUT2D eigenvalue weighted by Crippen LogP contribution is -2.40. The molecule has 1 amide bonds. The molecular weight excluding hydrogens is 366 g/mol. The largest absolute Gasteiger partial charge is 0.398 e. The first-order chi connectivity index (χ1) is 14.1. The number of carbonyl (C=O) groups excluding carboxylic acids is 1. The number of fused-ring (bicyclic) bond motifs is 1. The Hall–Kier alpha value is -3.06. The Labute approximate surface area is 170 Å². The van der Waals surface area contributed by atoms with Gasteiger partial charge < -0.3 is 25.3 Å².